The Morgan fingerprint density at radius 2 is 1.53 bits per heavy atom. The minimum Gasteiger partial charge on any atom is -0.329 e. The Kier molecular flexibility index (Phi) is 6.52. The highest BCUT2D eigenvalue weighted by atomic mass is 35.5. The Balaban J connectivity index is 0.00000144. The summed E-state index contributed by atoms with van der Waals surface area (Å²) in [6.45, 7) is 7.53. The van der Waals surface area contributed by atoms with E-state index in [9.17, 15) is 0 Å². The molecule has 1 fully saturated rings. The molecule has 2 N–H and O–H groups in total. The molecule has 0 spiro atoms. The molecular formula is C13H22ClN3. The van der Waals surface area contributed by atoms with Gasteiger partial charge in [0.1, 0.15) is 0 Å². The predicted molar refractivity (Wildman–Crippen MR) is 74.5 cm³/mol. The van der Waals surface area contributed by atoms with E-state index in [1.807, 2.05) is 0 Å². The zero-order chi connectivity index (χ0) is 11.2. The normalized spacial score (nSPS) is 17.7. The summed E-state index contributed by atoms with van der Waals surface area (Å²) in [4.78, 5) is 4.96. The molecular weight excluding hydrogens is 234 g/mol. The number of benzene rings is 1. The first kappa shape index (κ1) is 14.5. The van der Waals surface area contributed by atoms with Crippen LogP contribution in [0.4, 0.5) is 0 Å². The molecule has 0 unspecified atom stereocenters. The molecule has 0 atom stereocenters. The maximum absolute atomic E-state index is 5.56. The minimum atomic E-state index is 0. The fourth-order valence-corrected chi connectivity index (χ4v) is 2.20. The van der Waals surface area contributed by atoms with E-state index < -0.39 is 0 Å². The third-order valence-electron chi connectivity index (χ3n) is 3.16. The highest BCUT2D eigenvalue weighted by Crippen LogP contribution is 2.07. The molecule has 1 aromatic rings. The van der Waals surface area contributed by atoms with Crippen LogP contribution in [0.5, 0.6) is 0 Å². The molecule has 2 rings (SSSR count). The van der Waals surface area contributed by atoms with Gasteiger partial charge in [0, 0.05) is 45.8 Å². The van der Waals surface area contributed by atoms with Gasteiger partial charge in [-0.2, -0.15) is 0 Å². The van der Waals surface area contributed by atoms with Crippen molar-refractivity contribution in [1.82, 2.24) is 9.80 Å². The number of hydrogen-bond donors (Lipinski definition) is 1. The lowest BCUT2D eigenvalue weighted by Crippen LogP contribution is -2.47. The Bertz CT molecular complexity index is 297. The van der Waals surface area contributed by atoms with Crippen LogP contribution in [-0.4, -0.2) is 49.1 Å². The number of hydrogen-bond acceptors (Lipinski definition) is 3. The standard InChI is InChI=1S/C13H21N3.ClH/c14-6-7-15-8-10-16(11-9-15)12-13-4-2-1-3-5-13;/h1-5H,6-12,14H2;1H. The fourth-order valence-electron chi connectivity index (χ4n) is 2.20. The third-order valence-corrected chi connectivity index (χ3v) is 3.16. The molecule has 3 nitrogen and oxygen atoms in total. The average Bonchev–Trinajstić information content (AvgIpc) is 2.33. The first-order chi connectivity index (χ1) is 7.88. The van der Waals surface area contributed by atoms with Crippen LogP contribution in [-0.2, 0) is 6.54 Å². The van der Waals surface area contributed by atoms with Crippen LogP contribution in [0.3, 0.4) is 0 Å². The SMILES string of the molecule is Cl.NCCN1CCN(Cc2ccccc2)CC1. The predicted octanol–water partition coefficient (Wildman–Crippen LogP) is 1.18. The highest BCUT2D eigenvalue weighted by molar-refractivity contribution is 5.85. The molecule has 1 aliphatic rings. The third kappa shape index (κ3) is 4.64. The molecule has 17 heavy (non-hydrogen) atoms. The quantitative estimate of drug-likeness (QED) is 0.877. The molecule has 1 aliphatic heterocycles. The first-order valence-electron chi connectivity index (χ1n) is 6.07. The number of piperazine rings is 1. The Hall–Kier alpha value is -0.610. The summed E-state index contributed by atoms with van der Waals surface area (Å²) in [5.41, 5.74) is 6.97. The van der Waals surface area contributed by atoms with Crippen molar-refractivity contribution in [2.45, 2.75) is 6.54 Å². The molecule has 0 saturated carbocycles. The van der Waals surface area contributed by atoms with E-state index in [0.717, 1.165) is 45.8 Å². The van der Waals surface area contributed by atoms with E-state index in [4.69, 9.17) is 5.73 Å². The molecule has 0 aromatic heterocycles. The molecule has 4 heteroatoms. The van der Waals surface area contributed by atoms with Crippen LogP contribution in [0.2, 0.25) is 0 Å². The summed E-state index contributed by atoms with van der Waals surface area (Å²) in [5.74, 6) is 0. The largest absolute Gasteiger partial charge is 0.329 e. The van der Waals surface area contributed by atoms with E-state index in [1.165, 1.54) is 5.56 Å². The second kappa shape index (κ2) is 7.67. The van der Waals surface area contributed by atoms with Crippen molar-refractivity contribution >= 4 is 12.4 Å². The molecule has 1 heterocycles. The van der Waals surface area contributed by atoms with Crippen molar-refractivity contribution in [2.24, 2.45) is 5.73 Å². The molecule has 0 amide bonds. The number of nitrogens with zero attached hydrogens (tertiary/aromatic N) is 2. The summed E-state index contributed by atoms with van der Waals surface area (Å²) >= 11 is 0. The van der Waals surface area contributed by atoms with Gasteiger partial charge in [0.25, 0.3) is 0 Å². The molecule has 1 aromatic carbocycles. The van der Waals surface area contributed by atoms with Crippen LogP contribution in [0.1, 0.15) is 5.56 Å². The smallest absolute Gasteiger partial charge is 0.0234 e. The monoisotopic (exact) mass is 255 g/mol. The molecule has 0 radical (unpaired) electrons. The maximum atomic E-state index is 5.56. The van der Waals surface area contributed by atoms with Crippen LogP contribution >= 0.6 is 12.4 Å². The lowest BCUT2D eigenvalue weighted by molar-refractivity contribution is 0.130. The van der Waals surface area contributed by atoms with Crippen molar-refractivity contribution in [3.05, 3.63) is 35.9 Å². The van der Waals surface area contributed by atoms with Gasteiger partial charge in [-0.05, 0) is 5.56 Å². The van der Waals surface area contributed by atoms with Crippen LogP contribution in [0.15, 0.2) is 30.3 Å². The van der Waals surface area contributed by atoms with Gasteiger partial charge < -0.3 is 5.73 Å². The summed E-state index contributed by atoms with van der Waals surface area (Å²) in [6, 6.07) is 10.7. The molecule has 1 saturated heterocycles. The van der Waals surface area contributed by atoms with Gasteiger partial charge in [0.15, 0.2) is 0 Å². The minimum absolute atomic E-state index is 0. The topological polar surface area (TPSA) is 32.5 Å². The summed E-state index contributed by atoms with van der Waals surface area (Å²) < 4.78 is 0. The summed E-state index contributed by atoms with van der Waals surface area (Å²) in [5, 5.41) is 0. The Labute approximate surface area is 110 Å². The van der Waals surface area contributed by atoms with Gasteiger partial charge in [0.05, 0.1) is 0 Å². The van der Waals surface area contributed by atoms with E-state index in [1.54, 1.807) is 0 Å². The Morgan fingerprint density at radius 1 is 0.941 bits per heavy atom. The lowest BCUT2D eigenvalue weighted by Gasteiger charge is -2.34. The first-order valence-corrected chi connectivity index (χ1v) is 6.07. The zero-order valence-corrected chi connectivity index (χ0v) is 11.0. The van der Waals surface area contributed by atoms with Crippen LogP contribution in [0, 0.1) is 0 Å². The van der Waals surface area contributed by atoms with Crippen molar-refractivity contribution in [2.75, 3.05) is 39.3 Å². The van der Waals surface area contributed by atoms with Gasteiger partial charge >= 0.3 is 0 Å². The van der Waals surface area contributed by atoms with Crippen molar-refractivity contribution in [1.29, 1.82) is 0 Å². The summed E-state index contributed by atoms with van der Waals surface area (Å²) in [7, 11) is 0. The summed E-state index contributed by atoms with van der Waals surface area (Å²) in [6.07, 6.45) is 0. The van der Waals surface area contributed by atoms with Crippen molar-refractivity contribution in [3.8, 4) is 0 Å². The van der Waals surface area contributed by atoms with E-state index in [-0.39, 0.29) is 12.4 Å². The average molecular weight is 256 g/mol. The van der Waals surface area contributed by atoms with E-state index in [2.05, 4.69) is 40.1 Å². The van der Waals surface area contributed by atoms with E-state index in [0.29, 0.717) is 0 Å². The van der Waals surface area contributed by atoms with Crippen LogP contribution < -0.4 is 5.73 Å². The second-order valence-electron chi connectivity index (χ2n) is 4.39. The lowest BCUT2D eigenvalue weighted by atomic mass is 10.2. The van der Waals surface area contributed by atoms with Gasteiger partial charge in [-0.25, -0.2) is 0 Å². The highest BCUT2D eigenvalue weighted by Gasteiger charge is 2.15. The van der Waals surface area contributed by atoms with Crippen molar-refractivity contribution in [3.63, 3.8) is 0 Å². The number of halogens is 1. The number of nitrogens with two attached hydrogens (primary N) is 1. The Morgan fingerprint density at radius 3 is 2.12 bits per heavy atom. The molecule has 0 aliphatic carbocycles. The zero-order valence-electron chi connectivity index (χ0n) is 10.2. The van der Waals surface area contributed by atoms with Gasteiger partial charge in [0.2, 0.25) is 0 Å². The maximum Gasteiger partial charge on any atom is 0.0234 e. The fraction of sp³-hybridized carbons (Fsp3) is 0.538. The molecule has 96 valence electrons. The second-order valence-corrected chi connectivity index (χ2v) is 4.39. The number of rotatable bonds is 4. The van der Waals surface area contributed by atoms with Gasteiger partial charge in [-0.3, -0.25) is 9.80 Å². The van der Waals surface area contributed by atoms with Crippen molar-refractivity contribution < 1.29 is 0 Å². The molecule has 0 bridgehead atoms. The van der Waals surface area contributed by atoms with E-state index >= 15 is 0 Å². The van der Waals surface area contributed by atoms with Gasteiger partial charge in [-0.1, -0.05) is 30.3 Å². The van der Waals surface area contributed by atoms with Gasteiger partial charge in [-0.15, -0.1) is 12.4 Å². The van der Waals surface area contributed by atoms with Crippen LogP contribution in [0.25, 0.3) is 0 Å².